The van der Waals surface area contributed by atoms with E-state index in [4.69, 9.17) is 5.73 Å². The molecule has 1 aliphatic heterocycles. The van der Waals surface area contributed by atoms with Crippen molar-refractivity contribution in [3.05, 3.63) is 29.3 Å². The summed E-state index contributed by atoms with van der Waals surface area (Å²) in [6.07, 6.45) is 6.93. The van der Waals surface area contributed by atoms with E-state index in [2.05, 4.69) is 17.0 Å². The molecule has 3 rings (SSSR count). The van der Waals surface area contributed by atoms with Crippen molar-refractivity contribution in [3.63, 3.8) is 0 Å². The number of nitrogens with zero attached hydrogens (tertiary/aromatic N) is 1. The number of rotatable bonds is 2. The molecule has 0 radical (unpaired) electrons. The number of hydrogen-bond acceptors (Lipinski definition) is 2. The molecule has 2 heteroatoms. The van der Waals surface area contributed by atoms with Crippen molar-refractivity contribution in [1.82, 2.24) is 4.90 Å². The van der Waals surface area contributed by atoms with E-state index in [1.54, 1.807) is 0 Å². The summed E-state index contributed by atoms with van der Waals surface area (Å²) in [5.41, 5.74) is 9.92. The molecular formula is C15H22N2. The van der Waals surface area contributed by atoms with E-state index >= 15 is 0 Å². The smallest absolute Gasteiger partial charge is 0.0362 e. The second-order valence-electron chi connectivity index (χ2n) is 5.62. The first-order valence-electron chi connectivity index (χ1n) is 6.91. The number of fused-ring (bicyclic) bond motifs is 1. The topological polar surface area (TPSA) is 29.3 Å². The summed E-state index contributed by atoms with van der Waals surface area (Å²) in [6.45, 7) is 3.57. The normalized spacial score (nSPS) is 21.6. The van der Waals surface area contributed by atoms with Crippen molar-refractivity contribution in [1.29, 1.82) is 0 Å². The van der Waals surface area contributed by atoms with Crippen LogP contribution in [0.3, 0.4) is 0 Å². The first kappa shape index (κ1) is 11.1. The molecule has 2 nitrogen and oxygen atoms in total. The monoisotopic (exact) mass is 230 g/mol. The van der Waals surface area contributed by atoms with Crippen molar-refractivity contribution in [2.45, 2.75) is 38.6 Å². The minimum Gasteiger partial charge on any atom is -0.398 e. The first-order chi connectivity index (χ1) is 8.33. The van der Waals surface area contributed by atoms with Gasteiger partial charge in [-0.1, -0.05) is 25.0 Å². The van der Waals surface area contributed by atoms with Gasteiger partial charge in [-0.05, 0) is 42.4 Å². The zero-order valence-electron chi connectivity index (χ0n) is 10.5. The third kappa shape index (κ3) is 2.32. The lowest BCUT2D eigenvalue weighted by Gasteiger charge is -2.31. The van der Waals surface area contributed by atoms with Gasteiger partial charge in [0.05, 0.1) is 0 Å². The second kappa shape index (κ2) is 4.69. The summed E-state index contributed by atoms with van der Waals surface area (Å²) in [4.78, 5) is 2.61. The Labute approximate surface area is 104 Å². The highest BCUT2D eigenvalue weighted by Gasteiger charge is 2.22. The van der Waals surface area contributed by atoms with Gasteiger partial charge in [0.1, 0.15) is 0 Å². The van der Waals surface area contributed by atoms with Crippen LogP contribution in [-0.4, -0.2) is 18.0 Å². The van der Waals surface area contributed by atoms with Crippen molar-refractivity contribution >= 4 is 5.69 Å². The summed E-state index contributed by atoms with van der Waals surface area (Å²) in [7, 11) is 0. The van der Waals surface area contributed by atoms with Crippen LogP contribution in [0.15, 0.2) is 18.2 Å². The zero-order valence-corrected chi connectivity index (χ0v) is 10.5. The molecule has 0 saturated heterocycles. The summed E-state index contributed by atoms with van der Waals surface area (Å²) < 4.78 is 0. The predicted octanol–water partition coefficient (Wildman–Crippen LogP) is 2.82. The number of benzene rings is 1. The maximum Gasteiger partial charge on any atom is 0.0362 e. The highest BCUT2D eigenvalue weighted by atomic mass is 15.1. The molecule has 0 atom stereocenters. The van der Waals surface area contributed by atoms with Gasteiger partial charge in [-0.2, -0.15) is 0 Å². The molecule has 0 spiro atoms. The van der Waals surface area contributed by atoms with Crippen molar-refractivity contribution in [2.24, 2.45) is 5.92 Å². The van der Waals surface area contributed by atoms with Gasteiger partial charge < -0.3 is 5.73 Å². The molecule has 92 valence electrons. The van der Waals surface area contributed by atoms with Crippen LogP contribution >= 0.6 is 0 Å². The minimum absolute atomic E-state index is 0.946. The molecular weight excluding hydrogens is 208 g/mol. The molecule has 1 aliphatic carbocycles. The highest BCUT2D eigenvalue weighted by molar-refractivity contribution is 5.51. The van der Waals surface area contributed by atoms with Crippen LogP contribution in [0.1, 0.15) is 36.8 Å². The maximum absolute atomic E-state index is 6.09. The van der Waals surface area contributed by atoms with Gasteiger partial charge in [0.2, 0.25) is 0 Å². The van der Waals surface area contributed by atoms with Gasteiger partial charge in [-0.3, -0.25) is 4.90 Å². The molecule has 0 bridgehead atoms. The average Bonchev–Trinajstić information content (AvgIpc) is 2.83. The summed E-state index contributed by atoms with van der Waals surface area (Å²) in [5, 5.41) is 0. The van der Waals surface area contributed by atoms with Gasteiger partial charge in [-0.25, -0.2) is 0 Å². The lowest BCUT2D eigenvalue weighted by atomic mass is 9.97. The standard InChI is InChI=1S/C15H22N2/c16-15-7-3-6-13-8-9-17(11-14(13)15)10-12-4-1-2-5-12/h3,6-7,12H,1-2,4-5,8-11,16H2. The Balaban J connectivity index is 1.69. The largest absolute Gasteiger partial charge is 0.398 e. The van der Waals surface area contributed by atoms with Gasteiger partial charge in [0, 0.05) is 25.3 Å². The third-order valence-corrected chi connectivity index (χ3v) is 4.38. The molecule has 2 aliphatic rings. The van der Waals surface area contributed by atoms with Crippen LogP contribution in [0.2, 0.25) is 0 Å². The molecule has 1 heterocycles. The summed E-state index contributed by atoms with van der Waals surface area (Å²) in [5.74, 6) is 0.946. The van der Waals surface area contributed by atoms with E-state index in [1.807, 2.05) is 6.07 Å². The van der Waals surface area contributed by atoms with Crippen LogP contribution in [0, 0.1) is 5.92 Å². The Bertz CT molecular complexity index is 394. The molecule has 17 heavy (non-hydrogen) atoms. The second-order valence-corrected chi connectivity index (χ2v) is 5.62. The van der Waals surface area contributed by atoms with Gasteiger partial charge in [-0.15, -0.1) is 0 Å². The minimum atomic E-state index is 0.946. The first-order valence-corrected chi connectivity index (χ1v) is 6.91. The number of nitrogens with two attached hydrogens (primary N) is 1. The van der Waals surface area contributed by atoms with Crippen molar-refractivity contribution < 1.29 is 0 Å². The summed E-state index contributed by atoms with van der Waals surface area (Å²) in [6, 6.07) is 6.36. The van der Waals surface area contributed by atoms with Crippen LogP contribution in [0.25, 0.3) is 0 Å². The van der Waals surface area contributed by atoms with E-state index < -0.39 is 0 Å². The van der Waals surface area contributed by atoms with Gasteiger partial charge >= 0.3 is 0 Å². The predicted molar refractivity (Wildman–Crippen MR) is 71.8 cm³/mol. The van der Waals surface area contributed by atoms with Crippen molar-refractivity contribution in [3.8, 4) is 0 Å². The van der Waals surface area contributed by atoms with Crippen LogP contribution < -0.4 is 5.73 Å². The number of nitrogen functional groups attached to an aromatic ring is 1. The fourth-order valence-electron chi connectivity index (χ4n) is 3.38. The Kier molecular flexibility index (Phi) is 3.06. The fourth-order valence-corrected chi connectivity index (χ4v) is 3.38. The molecule has 2 N–H and O–H groups in total. The fraction of sp³-hybridized carbons (Fsp3) is 0.600. The van der Waals surface area contributed by atoms with Gasteiger partial charge in [0.15, 0.2) is 0 Å². The number of anilines is 1. The van der Waals surface area contributed by atoms with E-state index in [0.717, 1.165) is 18.2 Å². The van der Waals surface area contributed by atoms with E-state index in [1.165, 1.54) is 56.3 Å². The maximum atomic E-state index is 6.09. The molecule has 1 aromatic carbocycles. The Morgan fingerprint density at radius 1 is 1.24 bits per heavy atom. The zero-order chi connectivity index (χ0) is 11.7. The quantitative estimate of drug-likeness (QED) is 0.792. The molecule has 0 amide bonds. The SMILES string of the molecule is Nc1cccc2c1CN(CC1CCCC1)CC2. The average molecular weight is 230 g/mol. The Hall–Kier alpha value is -1.02. The molecule has 1 aromatic rings. The van der Waals surface area contributed by atoms with Crippen LogP contribution in [0.4, 0.5) is 5.69 Å². The van der Waals surface area contributed by atoms with Crippen LogP contribution in [0.5, 0.6) is 0 Å². The van der Waals surface area contributed by atoms with E-state index in [0.29, 0.717) is 0 Å². The van der Waals surface area contributed by atoms with E-state index in [-0.39, 0.29) is 0 Å². The van der Waals surface area contributed by atoms with Crippen LogP contribution in [-0.2, 0) is 13.0 Å². The molecule has 0 unspecified atom stereocenters. The molecule has 1 saturated carbocycles. The lowest BCUT2D eigenvalue weighted by molar-refractivity contribution is 0.215. The third-order valence-electron chi connectivity index (χ3n) is 4.38. The number of hydrogen-bond donors (Lipinski definition) is 1. The Morgan fingerprint density at radius 2 is 2.06 bits per heavy atom. The van der Waals surface area contributed by atoms with Gasteiger partial charge in [0.25, 0.3) is 0 Å². The Morgan fingerprint density at radius 3 is 2.88 bits per heavy atom. The van der Waals surface area contributed by atoms with Crippen molar-refractivity contribution in [2.75, 3.05) is 18.8 Å². The lowest BCUT2D eigenvalue weighted by Crippen LogP contribution is -2.34. The molecule has 0 aromatic heterocycles. The molecule has 1 fully saturated rings. The summed E-state index contributed by atoms with van der Waals surface area (Å²) >= 11 is 0. The van der Waals surface area contributed by atoms with E-state index in [9.17, 15) is 0 Å². The highest BCUT2D eigenvalue weighted by Crippen LogP contribution is 2.29.